The molecule has 0 bridgehead atoms. The van der Waals surface area contributed by atoms with Crippen LogP contribution in [0.25, 0.3) is 0 Å². The van der Waals surface area contributed by atoms with E-state index in [1.54, 1.807) is 0 Å². The predicted octanol–water partition coefficient (Wildman–Crippen LogP) is -0.708. The van der Waals surface area contributed by atoms with Crippen molar-refractivity contribution >= 4 is 11.9 Å². The van der Waals surface area contributed by atoms with Crippen LogP contribution in [-0.2, 0) is 19.1 Å². The summed E-state index contributed by atoms with van der Waals surface area (Å²) < 4.78 is 11.7. The lowest BCUT2D eigenvalue weighted by Crippen LogP contribution is -2.33. The van der Waals surface area contributed by atoms with E-state index in [2.05, 4.69) is 4.98 Å². The minimum absolute atomic E-state index is 0.0445. The molecular weight excluding hydrogens is 336 g/mol. The van der Waals surface area contributed by atoms with Crippen LogP contribution in [0.2, 0.25) is 0 Å². The van der Waals surface area contributed by atoms with Crippen molar-refractivity contribution < 1.29 is 29.3 Å². The van der Waals surface area contributed by atoms with Gasteiger partial charge in [0, 0.05) is 31.0 Å². The zero-order valence-electron chi connectivity index (χ0n) is 13.6. The molecule has 10 nitrogen and oxygen atoms in total. The van der Waals surface area contributed by atoms with E-state index in [9.17, 15) is 24.3 Å². The van der Waals surface area contributed by atoms with Gasteiger partial charge >= 0.3 is 17.6 Å². The maximum atomic E-state index is 11.8. The number of aromatic amines is 1. The third-order valence-electron chi connectivity index (χ3n) is 3.84. The molecule has 138 valence electrons. The Morgan fingerprint density at radius 1 is 1.40 bits per heavy atom. The van der Waals surface area contributed by atoms with Crippen LogP contribution in [0.5, 0.6) is 0 Å². The lowest BCUT2D eigenvalue weighted by molar-refractivity contribution is -0.150. The van der Waals surface area contributed by atoms with Gasteiger partial charge in [-0.15, -0.1) is 0 Å². The van der Waals surface area contributed by atoms with Gasteiger partial charge in [0.1, 0.15) is 18.9 Å². The van der Waals surface area contributed by atoms with E-state index in [-0.39, 0.29) is 32.3 Å². The first-order chi connectivity index (χ1) is 11.8. The zero-order chi connectivity index (χ0) is 18.6. The fourth-order valence-corrected chi connectivity index (χ4v) is 2.47. The molecule has 2 rings (SSSR count). The molecule has 1 aromatic rings. The van der Waals surface area contributed by atoms with Crippen LogP contribution < -0.4 is 11.2 Å². The summed E-state index contributed by atoms with van der Waals surface area (Å²) in [4.78, 5) is 47.3. The molecule has 1 aliphatic heterocycles. The maximum Gasteiger partial charge on any atom is 0.330 e. The van der Waals surface area contributed by atoms with Crippen LogP contribution in [0.4, 0.5) is 0 Å². The molecule has 3 N–H and O–H groups in total. The van der Waals surface area contributed by atoms with Crippen molar-refractivity contribution in [2.75, 3.05) is 6.61 Å². The highest BCUT2D eigenvalue weighted by atomic mass is 16.6. The fraction of sp³-hybridized carbons (Fsp3) is 0.600. The monoisotopic (exact) mass is 356 g/mol. The number of carboxylic acid groups (broad SMARTS) is 1. The largest absolute Gasteiger partial charge is 0.481 e. The predicted molar refractivity (Wildman–Crippen MR) is 83.0 cm³/mol. The number of aliphatic hydroxyl groups excluding tert-OH is 1. The van der Waals surface area contributed by atoms with Gasteiger partial charge < -0.3 is 19.7 Å². The first-order valence-corrected chi connectivity index (χ1v) is 7.81. The van der Waals surface area contributed by atoms with Crippen LogP contribution in [-0.4, -0.2) is 50.5 Å². The minimum Gasteiger partial charge on any atom is -0.481 e. The van der Waals surface area contributed by atoms with Crippen molar-refractivity contribution in [3.8, 4) is 0 Å². The van der Waals surface area contributed by atoms with Crippen LogP contribution in [0, 0.1) is 6.92 Å². The number of nitrogens with zero attached hydrogens (tertiary/aromatic N) is 1. The summed E-state index contributed by atoms with van der Waals surface area (Å²) in [7, 11) is 0. The van der Waals surface area contributed by atoms with Gasteiger partial charge in [-0.2, -0.15) is 0 Å². The summed E-state index contributed by atoms with van der Waals surface area (Å²) in [6, 6.07) is 0. The number of carbonyl (C=O) groups is 2. The van der Waals surface area contributed by atoms with E-state index in [4.69, 9.17) is 14.6 Å². The Hall–Kier alpha value is -2.46. The van der Waals surface area contributed by atoms with Crippen molar-refractivity contribution in [1.29, 1.82) is 0 Å². The van der Waals surface area contributed by atoms with Crippen LogP contribution in [0.1, 0.15) is 37.5 Å². The third-order valence-corrected chi connectivity index (χ3v) is 3.84. The van der Waals surface area contributed by atoms with E-state index in [1.165, 1.54) is 17.7 Å². The fourth-order valence-electron chi connectivity index (χ4n) is 2.47. The van der Waals surface area contributed by atoms with E-state index >= 15 is 0 Å². The van der Waals surface area contributed by atoms with Crippen LogP contribution in [0.15, 0.2) is 15.8 Å². The number of H-pyrrole nitrogens is 1. The summed E-state index contributed by atoms with van der Waals surface area (Å²) in [6.45, 7) is 1.33. The second kappa shape index (κ2) is 8.08. The minimum atomic E-state index is -0.994. The Morgan fingerprint density at radius 2 is 2.12 bits per heavy atom. The highest BCUT2D eigenvalue weighted by Gasteiger charge is 2.36. The van der Waals surface area contributed by atoms with Crippen molar-refractivity contribution in [3.05, 3.63) is 32.6 Å². The summed E-state index contributed by atoms with van der Waals surface area (Å²) in [6.07, 6.45) is -1.11. The van der Waals surface area contributed by atoms with Crippen LogP contribution >= 0.6 is 0 Å². The number of carboxylic acids is 1. The molecule has 0 spiro atoms. The second-order valence-corrected chi connectivity index (χ2v) is 5.84. The lowest BCUT2D eigenvalue weighted by Gasteiger charge is -2.16. The number of rotatable bonds is 7. The Bertz CT molecular complexity index is 753. The van der Waals surface area contributed by atoms with Gasteiger partial charge in [-0.05, 0) is 13.3 Å². The molecule has 0 aliphatic carbocycles. The maximum absolute atomic E-state index is 11.8. The highest BCUT2D eigenvalue weighted by molar-refractivity contribution is 5.71. The molecular formula is C15H20N2O8. The van der Waals surface area contributed by atoms with Crippen molar-refractivity contribution in [2.45, 2.75) is 51.0 Å². The molecule has 1 fully saturated rings. The SMILES string of the molecule is Cc1cn([C@H]2C[C@H](O)[C@@H](COC(=O)CCCC(=O)O)O2)c(=O)[nH]c1=O. The molecule has 0 unspecified atom stereocenters. The summed E-state index contributed by atoms with van der Waals surface area (Å²) in [5.74, 6) is -1.58. The first-order valence-electron chi connectivity index (χ1n) is 7.81. The molecule has 1 aliphatic rings. The average molecular weight is 356 g/mol. The molecule has 0 saturated carbocycles. The average Bonchev–Trinajstić information content (AvgIpc) is 2.89. The van der Waals surface area contributed by atoms with Gasteiger partial charge in [0.2, 0.25) is 0 Å². The molecule has 3 atom stereocenters. The first kappa shape index (κ1) is 18.9. The van der Waals surface area contributed by atoms with Crippen molar-refractivity contribution in [3.63, 3.8) is 0 Å². The Balaban J connectivity index is 1.90. The molecule has 0 amide bonds. The second-order valence-electron chi connectivity index (χ2n) is 5.84. The number of aliphatic hydroxyl groups is 1. The Morgan fingerprint density at radius 3 is 2.80 bits per heavy atom. The standard InChI is InChI=1S/C15H20N2O8/c1-8-6-17(15(23)16-14(8)22)11-5-9(18)10(25-11)7-24-13(21)4-2-3-12(19)20/h6,9-11,18H,2-5,7H2,1H3,(H,19,20)(H,16,22,23)/t9-,10+,11+/m0/s1. The van der Waals surface area contributed by atoms with E-state index < -0.39 is 41.6 Å². The lowest BCUT2D eigenvalue weighted by atomic mass is 10.2. The molecule has 1 aromatic heterocycles. The normalized spacial score (nSPS) is 22.7. The number of hydrogen-bond acceptors (Lipinski definition) is 7. The Kier molecular flexibility index (Phi) is 6.10. The molecule has 0 aromatic carbocycles. The third kappa shape index (κ3) is 5.00. The number of carbonyl (C=O) groups excluding carboxylic acids is 1. The molecule has 25 heavy (non-hydrogen) atoms. The quantitative estimate of drug-likeness (QED) is 0.543. The van der Waals surface area contributed by atoms with Crippen molar-refractivity contribution in [1.82, 2.24) is 9.55 Å². The van der Waals surface area contributed by atoms with Gasteiger partial charge in [-0.3, -0.25) is 23.9 Å². The number of nitrogens with one attached hydrogen (secondary N) is 1. The Labute approximate surface area is 142 Å². The smallest absolute Gasteiger partial charge is 0.330 e. The summed E-state index contributed by atoms with van der Waals surface area (Å²) >= 11 is 0. The van der Waals surface area contributed by atoms with Gasteiger partial charge in [-0.1, -0.05) is 0 Å². The molecule has 2 heterocycles. The number of aromatic nitrogens is 2. The van der Waals surface area contributed by atoms with Gasteiger partial charge in [0.15, 0.2) is 0 Å². The number of aliphatic carboxylic acids is 1. The number of ether oxygens (including phenoxy) is 2. The van der Waals surface area contributed by atoms with Gasteiger partial charge in [-0.25, -0.2) is 4.79 Å². The number of hydrogen-bond donors (Lipinski definition) is 3. The number of aryl methyl sites for hydroxylation is 1. The van der Waals surface area contributed by atoms with Gasteiger partial charge in [0.25, 0.3) is 5.56 Å². The topological polar surface area (TPSA) is 148 Å². The van der Waals surface area contributed by atoms with Crippen LogP contribution in [0.3, 0.4) is 0 Å². The molecule has 0 radical (unpaired) electrons. The zero-order valence-corrected chi connectivity index (χ0v) is 13.6. The number of esters is 1. The van der Waals surface area contributed by atoms with Gasteiger partial charge in [0.05, 0.1) is 6.10 Å². The van der Waals surface area contributed by atoms with E-state index in [0.717, 1.165) is 0 Å². The summed E-state index contributed by atoms with van der Waals surface area (Å²) in [5.41, 5.74) is -0.822. The molecule has 1 saturated heterocycles. The van der Waals surface area contributed by atoms with E-state index in [0.29, 0.717) is 5.56 Å². The molecule has 10 heteroatoms. The van der Waals surface area contributed by atoms with E-state index in [1.807, 2.05) is 0 Å². The highest BCUT2D eigenvalue weighted by Crippen LogP contribution is 2.27. The van der Waals surface area contributed by atoms with Crippen molar-refractivity contribution in [2.24, 2.45) is 0 Å². The summed E-state index contributed by atoms with van der Waals surface area (Å²) in [5, 5.41) is 18.5.